The van der Waals surface area contributed by atoms with Gasteiger partial charge in [0, 0.05) is 16.7 Å². The number of unbranched alkanes of at least 4 members (excludes halogenated alkanes) is 2. The quantitative estimate of drug-likeness (QED) is 0.749. The van der Waals surface area contributed by atoms with Crippen LogP contribution in [0.5, 0.6) is 0 Å². The summed E-state index contributed by atoms with van der Waals surface area (Å²) in [6.07, 6.45) is 5.20. The van der Waals surface area contributed by atoms with E-state index in [1.54, 1.807) is 6.20 Å². The maximum atomic E-state index is 4.38. The number of nitrogens with zero attached hydrogens (tertiary/aromatic N) is 3. The number of anilines is 3. The highest BCUT2D eigenvalue weighted by molar-refractivity contribution is 9.10. The zero-order chi connectivity index (χ0) is 14.2. The SMILES string of the molecule is CCCCCNc1cnnc(Nc2ccc(Br)cc2)n1. The summed E-state index contributed by atoms with van der Waals surface area (Å²) < 4.78 is 1.04. The lowest BCUT2D eigenvalue weighted by Crippen LogP contribution is -2.06. The van der Waals surface area contributed by atoms with Gasteiger partial charge in [0.25, 0.3) is 0 Å². The topological polar surface area (TPSA) is 62.7 Å². The normalized spacial score (nSPS) is 10.3. The molecular weight excluding hydrogens is 318 g/mol. The second-order valence-corrected chi connectivity index (χ2v) is 5.35. The second kappa shape index (κ2) is 7.79. The third-order valence-corrected chi connectivity index (χ3v) is 3.27. The molecule has 0 fully saturated rings. The van der Waals surface area contributed by atoms with Crippen molar-refractivity contribution in [2.75, 3.05) is 17.2 Å². The average molecular weight is 336 g/mol. The zero-order valence-electron chi connectivity index (χ0n) is 11.4. The zero-order valence-corrected chi connectivity index (χ0v) is 13.0. The molecule has 1 heterocycles. The molecule has 0 bridgehead atoms. The molecule has 0 aliphatic rings. The summed E-state index contributed by atoms with van der Waals surface area (Å²) in [5, 5.41) is 14.3. The summed E-state index contributed by atoms with van der Waals surface area (Å²) in [7, 11) is 0. The van der Waals surface area contributed by atoms with Crippen molar-refractivity contribution in [3.05, 3.63) is 34.9 Å². The first-order valence-corrected chi connectivity index (χ1v) is 7.53. The van der Waals surface area contributed by atoms with Gasteiger partial charge < -0.3 is 10.6 Å². The third-order valence-electron chi connectivity index (χ3n) is 2.75. The van der Waals surface area contributed by atoms with Gasteiger partial charge in [0.05, 0.1) is 6.20 Å². The Kier molecular flexibility index (Phi) is 5.73. The molecule has 0 saturated carbocycles. The Bertz CT molecular complexity index is 529. The number of rotatable bonds is 7. The molecule has 1 aromatic carbocycles. The van der Waals surface area contributed by atoms with Crippen molar-refractivity contribution in [1.29, 1.82) is 0 Å². The van der Waals surface area contributed by atoms with Gasteiger partial charge in [-0.1, -0.05) is 35.7 Å². The Balaban J connectivity index is 1.93. The van der Waals surface area contributed by atoms with Crippen molar-refractivity contribution in [2.24, 2.45) is 0 Å². The number of aromatic nitrogens is 3. The van der Waals surface area contributed by atoms with Crippen LogP contribution in [0, 0.1) is 0 Å². The summed E-state index contributed by atoms with van der Waals surface area (Å²) in [5.41, 5.74) is 0.929. The molecule has 1 aromatic heterocycles. The van der Waals surface area contributed by atoms with Crippen molar-refractivity contribution in [3.63, 3.8) is 0 Å². The predicted molar refractivity (Wildman–Crippen MR) is 85.3 cm³/mol. The van der Waals surface area contributed by atoms with Crippen LogP contribution in [0.2, 0.25) is 0 Å². The molecular formula is C14H18BrN5. The van der Waals surface area contributed by atoms with E-state index in [0.29, 0.717) is 5.95 Å². The summed E-state index contributed by atoms with van der Waals surface area (Å²) >= 11 is 3.40. The van der Waals surface area contributed by atoms with Gasteiger partial charge in [0.1, 0.15) is 0 Å². The average Bonchev–Trinajstić information content (AvgIpc) is 2.47. The lowest BCUT2D eigenvalue weighted by Gasteiger charge is -2.07. The van der Waals surface area contributed by atoms with Crippen LogP contribution in [0.1, 0.15) is 26.2 Å². The van der Waals surface area contributed by atoms with E-state index in [1.807, 2.05) is 24.3 Å². The first-order chi connectivity index (χ1) is 9.78. The molecule has 0 aliphatic heterocycles. The summed E-state index contributed by atoms with van der Waals surface area (Å²) in [6.45, 7) is 3.09. The molecule has 0 amide bonds. The van der Waals surface area contributed by atoms with Crippen LogP contribution in [0.15, 0.2) is 34.9 Å². The first kappa shape index (κ1) is 14.7. The highest BCUT2D eigenvalue weighted by atomic mass is 79.9. The molecule has 5 nitrogen and oxygen atoms in total. The molecule has 2 rings (SSSR count). The molecule has 2 aromatic rings. The number of halogens is 1. The smallest absolute Gasteiger partial charge is 0.249 e. The predicted octanol–water partition coefficient (Wildman–Crippen LogP) is 3.98. The Hall–Kier alpha value is -1.69. The van der Waals surface area contributed by atoms with E-state index in [1.165, 1.54) is 12.8 Å². The fourth-order valence-electron chi connectivity index (χ4n) is 1.70. The highest BCUT2D eigenvalue weighted by Gasteiger charge is 2.01. The maximum absolute atomic E-state index is 4.38. The van der Waals surface area contributed by atoms with Gasteiger partial charge in [-0.05, 0) is 30.7 Å². The largest absolute Gasteiger partial charge is 0.369 e. The Morgan fingerprint density at radius 3 is 2.70 bits per heavy atom. The molecule has 20 heavy (non-hydrogen) atoms. The van der Waals surface area contributed by atoms with Crippen LogP contribution in [0.3, 0.4) is 0 Å². The van der Waals surface area contributed by atoms with E-state index in [4.69, 9.17) is 0 Å². The number of hydrogen-bond acceptors (Lipinski definition) is 5. The lowest BCUT2D eigenvalue weighted by atomic mass is 10.2. The molecule has 0 aliphatic carbocycles. The van der Waals surface area contributed by atoms with Gasteiger partial charge in [0.2, 0.25) is 5.95 Å². The Labute approximate surface area is 127 Å². The van der Waals surface area contributed by atoms with E-state index in [0.717, 1.165) is 28.9 Å². The minimum absolute atomic E-state index is 0.493. The minimum Gasteiger partial charge on any atom is -0.369 e. The standard InChI is InChI=1S/C14H18BrN5/c1-2-3-4-9-16-13-10-17-20-14(19-13)18-12-7-5-11(15)6-8-12/h5-8,10H,2-4,9H2,1H3,(H2,16,18,19,20). The van der Waals surface area contributed by atoms with Crippen molar-refractivity contribution in [2.45, 2.75) is 26.2 Å². The van der Waals surface area contributed by atoms with Gasteiger partial charge in [-0.25, -0.2) is 0 Å². The van der Waals surface area contributed by atoms with Crippen molar-refractivity contribution < 1.29 is 0 Å². The molecule has 6 heteroatoms. The number of nitrogens with one attached hydrogen (secondary N) is 2. The van der Waals surface area contributed by atoms with Gasteiger partial charge in [0.15, 0.2) is 5.82 Å². The van der Waals surface area contributed by atoms with Crippen LogP contribution < -0.4 is 10.6 Å². The fourth-order valence-corrected chi connectivity index (χ4v) is 1.96. The fraction of sp³-hybridized carbons (Fsp3) is 0.357. The van der Waals surface area contributed by atoms with Crippen LogP contribution in [0.25, 0.3) is 0 Å². The Morgan fingerprint density at radius 1 is 1.15 bits per heavy atom. The molecule has 0 saturated heterocycles. The highest BCUT2D eigenvalue weighted by Crippen LogP contribution is 2.17. The number of hydrogen-bond donors (Lipinski definition) is 2. The van der Waals surface area contributed by atoms with Crippen LogP contribution >= 0.6 is 15.9 Å². The third kappa shape index (κ3) is 4.77. The van der Waals surface area contributed by atoms with Crippen molar-refractivity contribution >= 4 is 33.4 Å². The second-order valence-electron chi connectivity index (χ2n) is 4.43. The van der Waals surface area contributed by atoms with E-state index in [9.17, 15) is 0 Å². The van der Waals surface area contributed by atoms with Crippen LogP contribution in [0.4, 0.5) is 17.5 Å². The van der Waals surface area contributed by atoms with E-state index >= 15 is 0 Å². The van der Waals surface area contributed by atoms with Gasteiger partial charge in [-0.3, -0.25) is 0 Å². The van der Waals surface area contributed by atoms with Gasteiger partial charge in [-0.2, -0.15) is 10.1 Å². The number of benzene rings is 1. The lowest BCUT2D eigenvalue weighted by molar-refractivity contribution is 0.741. The summed E-state index contributed by atoms with van der Waals surface area (Å²) in [4.78, 5) is 4.38. The van der Waals surface area contributed by atoms with Gasteiger partial charge >= 0.3 is 0 Å². The molecule has 0 atom stereocenters. The maximum Gasteiger partial charge on any atom is 0.249 e. The summed E-state index contributed by atoms with van der Waals surface area (Å²) in [5.74, 6) is 1.24. The molecule has 0 radical (unpaired) electrons. The van der Waals surface area contributed by atoms with E-state index in [2.05, 4.69) is 48.7 Å². The molecule has 0 unspecified atom stereocenters. The molecule has 106 valence electrons. The van der Waals surface area contributed by atoms with Crippen molar-refractivity contribution in [1.82, 2.24) is 15.2 Å². The monoisotopic (exact) mass is 335 g/mol. The minimum atomic E-state index is 0.493. The Morgan fingerprint density at radius 2 is 1.95 bits per heavy atom. The summed E-state index contributed by atoms with van der Waals surface area (Å²) in [6, 6.07) is 7.83. The van der Waals surface area contributed by atoms with Crippen molar-refractivity contribution in [3.8, 4) is 0 Å². The molecule has 2 N–H and O–H groups in total. The van der Waals surface area contributed by atoms with Crippen LogP contribution in [-0.4, -0.2) is 21.7 Å². The molecule has 0 spiro atoms. The van der Waals surface area contributed by atoms with E-state index in [-0.39, 0.29) is 0 Å². The van der Waals surface area contributed by atoms with E-state index < -0.39 is 0 Å². The van der Waals surface area contributed by atoms with Crippen LogP contribution in [-0.2, 0) is 0 Å². The first-order valence-electron chi connectivity index (χ1n) is 6.74. The van der Waals surface area contributed by atoms with Gasteiger partial charge in [-0.15, -0.1) is 5.10 Å².